The molecule has 0 radical (unpaired) electrons. The van der Waals surface area contributed by atoms with Crippen LogP contribution in [0.1, 0.15) is 18.5 Å². The molecule has 5 nitrogen and oxygen atoms in total. The van der Waals surface area contributed by atoms with Crippen molar-refractivity contribution < 1.29 is 14.3 Å². The Balaban J connectivity index is 2.33. The van der Waals surface area contributed by atoms with Gasteiger partial charge < -0.3 is 15.4 Å². The number of ether oxygens (including phenoxy) is 1. The molecule has 1 unspecified atom stereocenters. The lowest BCUT2D eigenvalue weighted by Crippen LogP contribution is -2.45. The molecule has 1 aliphatic heterocycles. The summed E-state index contributed by atoms with van der Waals surface area (Å²) in [6.07, 6.45) is 0. The summed E-state index contributed by atoms with van der Waals surface area (Å²) >= 11 is 22.7. The molecule has 2 N–H and O–H groups in total. The predicted octanol–water partition coefficient (Wildman–Crippen LogP) is 3.88. The van der Waals surface area contributed by atoms with Crippen molar-refractivity contribution in [1.29, 1.82) is 0 Å². The van der Waals surface area contributed by atoms with Crippen molar-refractivity contribution >= 4 is 58.4 Å². The summed E-state index contributed by atoms with van der Waals surface area (Å²) in [4.78, 5) is 24.1. The van der Waals surface area contributed by atoms with Gasteiger partial charge in [-0.15, -0.1) is 0 Å². The van der Waals surface area contributed by atoms with Gasteiger partial charge in [-0.1, -0.05) is 58.5 Å². The van der Waals surface area contributed by atoms with Crippen molar-refractivity contribution in [2.75, 3.05) is 6.61 Å². The number of halogens is 4. The summed E-state index contributed by atoms with van der Waals surface area (Å²) in [7, 11) is 0. The Morgan fingerprint density at radius 2 is 2.04 bits per heavy atom. The first-order valence-electron chi connectivity index (χ1n) is 6.45. The van der Waals surface area contributed by atoms with Crippen LogP contribution in [-0.4, -0.2) is 22.4 Å². The number of alkyl halides is 3. The number of rotatable bonds is 3. The Kier molecular flexibility index (Phi) is 5.68. The Morgan fingerprint density at radius 1 is 1.35 bits per heavy atom. The van der Waals surface area contributed by atoms with Crippen LogP contribution in [0.25, 0.3) is 0 Å². The molecule has 9 heteroatoms. The summed E-state index contributed by atoms with van der Waals surface area (Å²) in [5.74, 6) is -0.702. The zero-order valence-corrected chi connectivity index (χ0v) is 14.9. The van der Waals surface area contributed by atoms with Gasteiger partial charge >= 0.3 is 12.0 Å². The van der Waals surface area contributed by atoms with Gasteiger partial charge in [-0.05, 0) is 24.6 Å². The molecule has 0 aliphatic carbocycles. The molecule has 0 saturated heterocycles. The molecule has 2 rings (SSSR count). The maximum Gasteiger partial charge on any atom is 0.338 e. The van der Waals surface area contributed by atoms with Crippen molar-refractivity contribution in [3.8, 4) is 0 Å². The van der Waals surface area contributed by atoms with Crippen LogP contribution in [0.3, 0.4) is 0 Å². The highest BCUT2D eigenvalue weighted by Gasteiger charge is 2.33. The molecular formula is C14H12Cl4N2O3. The molecule has 1 aliphatic rings. The summed E-state index contributed by atoms with van der Waals surface area (Å²) in [5, 5.41) is 5.64. The van der Waals surface area contributed by atoms with E-state index in [2.05, 4.69) is 10.6 Å². The maximum absolute atomic E-state index is 12.4. The van der Waals surface area contributed by atoms with Crippen molar-refractivity contribution in [3.05, 3.63) is 46.1 Å². The lowest BCUT2D eigenvalue weighted by atomic mass is 9.96. The van der Waals surface area contributed by atoms with Gasteiger partial charge in [0.1, 0.15) is 6.61 Å². The molecule has 1 atom stereocenters. The molecule has 1 aromatic carbocycles. The summed E-state index contributed by atoms with van der Waals surface area (Å²) in [6.45, 7) is 1.17. The zero-order valence-electron chi connectivity index (χ0n) is 11.8. The first kappa shape index (κ1) is 18.2. The third-order valence-electron chi connectivity index (χ3n) is 3.04. The van der Waals surface area contributed by atoms with Crippen molar-refractivity contribution in [1.82, 2.24) is 10.6 Å². The van der Waals surface area contributed by atoms with Crippen LogP contribution < -0.4 is 10.6 Å². The molecule has 124 valence electrons. The standard InChI is InChI=1S/C14H12Cl4N2O3/c1-7-10(12(21)23-6-14(16,17)18)11(20-13(22)19-7)8-3-2-4-9(15)5-8/h2-5,11H,6H2,1H3,(H2,19,20,22). The van der Waals surface area contributed by atoms with E-state index in [-0.39, 0.29) is 5.57 Å². The highest BCUT2D eigenvalue weighted by molar-refractivity contribution is 6.67. The first-order valence-corrected chi connectivity index (χ1v) is 7.96. The molecule has 1 aromatic rings. The molecule has 0 saturated carbocycles. The molecule has 2 amide bonds. The number of esters is 1. The molecule has 0 fully saturated rings. The third-order valence-corrected chi connectivity index (χ3v) is 3.60. The summed E-state index contributed by atoms with van der Waals surface area (Å²) < 4.78 is 3.30. The number of carbonyl (C=O) groups excluding carboxylic acids is 2. The average Bonchev–Trinajstić information content (AvgIpc) is 2.43. The number of hydrogen-bond donors (Lipinski definition) is 2. The van der Waals surface area contributed by atoms with Crippen molar-refractivity contribution in [3.63, 3.8) is 0 Å². The van der Waals surface area contributed by atoms with E-state index in [0.717, 1.165) is 0 Å². The van der Waals surface area contributed by atoms with Gasteiger partial charge in [-0.2, -0.15) is 0 Å². The molecule has 0 aromatic heterocycles. The van der Waals surface area contributed by atoms with E-state index in [1.165, 1.54) is 0 Å². The van der Waals surface area contributed by atoms with Gasteiger partial charge in [-0.25, -0.2) is 9.59 Å². The second-order valence-corrected chi connectivity index (χ2v) is 7.77. The minimum absolute atomic E-state index is 0.209. The lowest BCUT2D eigenvalue weighted by molar-refractivity contribution is -0.139. The van der Waals surface area contributed by atoms with Gasteiger partial charge in [0.05, 0.1) is 11.6 Å². The van der Waals surface area contributed by atoms with Crippen LogP contribution >= 0.6 is 46.4 Å². The first-order chi connectivity index (χ1) is 10.7. The van der Waals surface area contributed by atoms with Gasteiger partial charge in [0, 0.05) is 10.7 Å². The van der Waals surface area contributed by atoms with Gasteiger partial charge in [0.2, 0.25) is 3.79 Å². The van der Waals surface area contributed by atoms with Crippen LogP contribution in [0.15, 0.2) is 35.5 Å². The second-order valence-electron chi connectivity index (χ2n) is 4.82. The molecule has 1 heterocycles. The topological polar surface area (TPSA) is 67.4 Å². The summed E-state index contributed by atoms with van der Waals surface area (Å²) in [5.41, 5.74) is 1.20. The average molecular weight is 398 g/mol. The predicted molar refractivity (Wildman–Crippen MR) is 89.8 cm³/mol. The number of hydrogen-bond acceptors (Lipinski definition) is 3. The van der Waals surface area contributed by atoms with E-state index in [9.17, 15) is 9.59 Å². The van der Waals surface area contributed by atoms with Crippen LogP contribution in [0.5, 0.6) is 0 Å². The smallest absolute Gasteiger partial charge is 0.338 e. The SMILES string of the molecule is CC1=C(C(=O)OCC(Cl)(Cl)Cl)C(c2cccc(Cl)c2)NC(=O)N1. The van der Waals surface area contributed by atoms with Crippen LogP contribution in [0, 0.1) is 0 Å². The number of urea groups is 1. The van der Waals surface area contributed by atoms with Gasteiger partial charge in [-0.3, -0.25) is 0 Å². The minimum atomic E-state index is -1.72. The summed E-state index contributed by atoms with van der Waals surface area (Å²) in [6, 6.07) is 5.62. The number of allylic oxidation sites excluding steroid dienone is 1. The largest absolute Gasteiger partial charge is 0.458 e. The fourth-order valence-corrected chi connectivity index (χ4v) is 2.49. The molecule has 23 heavy (non-hydrogen) atoms. The van der Waals surface area contributed by atoms with E-state index in [0.29, 0.717) is 16.3 Å². The number of benzene rings is 1. The highest BCUT2D eigenvalue weighted by atomic mass is 35.6. The van der Waals surface area contributed by atoms with Crippen molar-refractivity contribution in [2.24, 2.45) is 0 Å². The Morgan fingerprint density at radius 3 is 2.65 bits per heavy atom. The Bertz CT molecular complexity index is 670. The fraction of sp³-hybridized carbons (Fsp3) is 0.286. The van der Waals surface area contributed by atoms with Crippen LogP contribution in [0.2, 0.25) is 5.02 Å². The highest BCUT2D eigenvalue weighted by Crippen LogP contribution is 2.31. The number of carbonyl (C=O) groups is 2. The number of amides is 2. The van der Waals surface area contributed by atoms with Crippen LogP contribution in [-0.2, 0) is 9.53 Å². The molecule has 0 bridgehead atoms. The van der Waals surface area contributed by atoms with E-state index in [1.54, 1.807) is 31.2 Å². The Labute approximate surface area is 152 Å². The van der Waals surface area contributed by atoms with E-state index in [1.807, 2.05) is 0 Å². The number of nitrogens with one attached hydrogen (secondary N) is 2. The van der Waals surface area contributed by atoms with E-state index < -0.39 is 28.4 Å². The van der Waals surface area contributed by atoms with E-state index >= 15 is 0 Å². The maximum atomic E-state index is 12.4. The monoisotopic (exact) mass is 396 g/mol. The quantitative estimate of drug-likeness (QED) is 0.600. The minimum Gasteiger partial charge on any atom is -0.458 e. The fourth-order valence-electron chi connectivity index (χ4n) is 2.13. The Hall–Kier alpha value is -1.14. The third kappa shape index (κ3) is 4.91. The van der Waals surface area contributed by atoms with Crippen molar-refractivity contribution in [2.45, 2.75) is 16.8 Å². The zero-order chi connectivity index (χ0) is 17.2. The van der Waals surface area contributed by atoms with E-state index in [4.69, 9.17) is 51.1 Å². The molecular weight excluding hydrogens is 386 g/mol. The second kappa shape index (κ2) is 7.18. The van der Waals surface area contributed by atoms with Gasteiger partial charge in [0.15, 0.2) is 0 Å². The normalized spacial score (nSPS) is 18.3. The van der Waals surface area contributed by atoms with Crippen LogP contribution in [0.4, 0.5) is 4.79 Å². The lowest BCUT2D eigenvalue weighted by Gasteiger charge is -2.28. The molecule has 0 spiro atoms. The van der Waals surface area contributed by atoms with Gasteiger partial charge in [0.25, 0.3) is 0 Å².